The summed E-state index contributed by atoms with van der Waals surface area (Å²) in [5.74, 6) is 3.41. The first-order valence-corrected chi connectivity index (χ1v) is 15.4. The van der Waals surface area contributed by atoms with Crippen LogP contribution in [-0.2, 0) is 18.9 Å². The number of carbonyl (C=O) groups is 1. The highest BCUT2D eigenvalue weighted by Crippen LogP contribution is 2.37. The monoisotopic (exact) mass is 548 g/mol. The molecule has 2 aliphatic heterocycles. The number of hydrogen-bond acceptors (Lipinski definition) is 6. The van der Waals surface area contributed by atoms with Crippen LogP contribution < -0.4 is 4.74 Å². The van der Waals surface area contributed by atoms with E-state index in [4.69, 9.17) is 23.7 Å². The average Bonchev–Trinajstić information content (AvgIpc) is 3.57. The average molecular weight is 549 g/mol. The lowest BCUT2D eigenvalue weighted by molar-refractivity contribution is -0.0839. The Morgan fingerprint density at radius 3 is 1.77 bits per heavy atom. The van der Waals surface area contributed by atoms with Crippen LogP contribution in [-0.4, -0.2) is 50.4 Å². The molecule has 2 saturated carbocycles. The van der Waals surface area contributed by atoms with Gasteiger partial charge in [-0.05, 0) is 84.7 Å². The van der Waals surface area contributed by atoms with Gasteiger partial charge in [-0.15, -0.1) is 0 Å². The molecule has 0 spiro atoms. The summed E-state index contributed by atoms with van der Waals surface area (Å²) in [7, 11) is 0. The molecule has 6 nitrogen and oxygen atoms in total. The van der Waals surface area contributed by atoms with Crippen molar-refractivity contribution in [3.8, 4) is 5.75 Å². The van der Waals surface area contributed by atoms with E-state index < -0.39 is 6.10 Å². The highest BCUT2D eigenvalue weighted by Gasteiger charge is 2.50. The Kier molecular flexibility index (Phi) is 8.76. The molecule has 0 unspecified atom stereocenters. The first-order valence-electron chi connectivity index (χ1n) is 15.4. The minimum Gasteiger partial charge on any atom is -0.468 e. The van der Waals surface area contributed by atoms with Crippen molar-refractivity contribution in [1.82, 2.24) is 0 Å². The van der Waals surface area contributed by atoms with Crippen molar-refractivity contribution in [2.45, 2.75) is 101 Å². The molecule has 0 amide bonds. The first-order chi connectivity index (χ1) is 19.5. The normalized spacial score (nSPS) is 33.9. The van der Waals surface area contributed by atoms with Crippen LogP contribution in [0.4, 0.5) is 0 Å². The largest absolute Gasteiger partial charge is 0.468 e. The third kappa shape index (κ3) is 6.40. The van der Waals surface area contributed by atoms with E-state index in [1.807, 2.05) is 24.3 Å². The summed E-state index contributed by atoms with van der Waals surface area (Å²) < 4.78 is 29.6. The fourth-order valence-electron chi connectivity index (χ4n) is 6.98. The molecular formula is C34H44O6. The summed E-state index contributed by atoms with van der Waals surface area (Å²) in [5.41, 5.74) is 3.30. The zero-order valence-corrected chi connectivity index (χ0v) is 24.0. The lowest BCUT2D eigenvalue weighted by Crippen LogP contribution is -2.35. The third-order valence-electron chi connectivity index (χ3n) is 9.73. The number of benzene rings is 2. The lowest BCUT2D eigenvalue weighted by Gasteiger charge is -2.26. The predicted octanol–water partition coefficient (Wildman–Crippen LogP) is 7.02. The minimum absolute atomic E-state index is 0.123. The van der Waals surface area contributed by atoms with Gasteiger partial charge in [0.05, 0.1) is 18.8 Å². The minimum atomic E-state index is -0.443. The lowest BCUT2D eigenvalue weighted by atomic mass is 9.79. The van der Waals surface area contributed by atoms with Crippen LogP contribution >= 0.6 is 0 Å². The van der Waals surface area contributed by atoms with Crippen LogP contribution in [0.25, 0.3) is 0 Å². The van der Waals surface area contributed by atoms with E-state index in [-0.39, 0.29) is 31.1 Å². The van der Waals surface area contributed by atoms with Crippen molar-refractivity contribution >= 4 is 5.97 Å². The van der Waals surface area contributed by atoms with Crippen LogP contribution in [0.1, 0.15) is 98.5 Å². The first kappa shape index (κ1) is 27.7. The van der Waals surface area contributed by atoms with Gasteiger partial charge < -0.3 is 23.7 Å². The molecule has 2 heterocycles. The number of rotatable bonds is 8. The molecule has 2 saturated heterocycles. The van der Waals surface area contributed by atoms with Crippen LogP contribution in [0.5, 0.6) is 5.75 Å². The number of ether oxygens (including phenoxy) is 5. The number of carbonyl (C=O) groups excluding carboxylic acids is 1. The van der Waals surface area contributed by atoms with E-state index >= 15 is 0 Å². The van der Waals surface area contributed by atoms with Crippen molar-refractivity contribution in [3.05, 3.63) is 65.2 Å². The molecule has 0 radical (unpaired) electrons. The molecule has 6 rings (SSSR count). The fourth-order valence-corrected chi connectivity index (χ4v) is 6.98. The van der Waals surface area contributed by atoms with Crippen LogP contribution in [0, 0.1) is 11.8 Å². The topological polar surface area (TPSA) is 63.2 Å². The molecule has 0 N–H and O–H groups in total. The Labute approximate surface area is 238 Å². The molecule has 2 aromatic rings. The molecule has 216 valence electrons. The van der Waals surface area contributed by atoms with E-state index in [9.17, 15) is 4.79 Å². The number of hydrogen-bond donors (Lipinski definition) is 0. The van der Waals surface area contributed by atoms with Crippen molar-refractivity contribution in [1.29, 1.82) is 0 Å². The van der Waals surface area contributed by atoms with Gasteiger partial charge in [-0.2, -0.15) is 0 Å². The summed E-state index contributed by atoms with van der Waals surface area (Å²) in [6.45, 7) is 5.50. The Hall–Kier alpha value is -2.41. The van der Waals surface area contributed by atoms with Crippen molar-refractivity contribution in [2.75, 3.05) is 20.0 Å². The summed E-state index contributed by atoms with van der Waals surface area (Å²) in [6, 6.07) is 16.4. The SMILES string of the molecule is CC1CCC(c2ccc(OCO[C@H]3CO[C@H]4[C@@H]3OC[C@H]4OC(=O)c3ccc(C4CCC(C)CC4)cc3)cc2)CC1. The van der Waals surface area contributed by atoms with Crippen molar-refractivity contribution in [2.24, 2.45) is 11.8 Å². The highest BCUT2D eigenvalue weighted by molar-refractivity contribution is 5.89. The van der Waals surface area contributed by atoms with Crippen LogP contribution in [0.2, 0.25) is 0 Å². The van der Waals surface area contributed by atoms with E-state index in [0.29, 0.717) is 30.6 Å². The zero-order valence-electron chi connectivity index (χ0n) is 24.0. The van der Waals surface area contributed by atoms with Gasteiger partial charge in [0.25, 0.3) is 0 Å². The molecule has 4 aliphatic rings. The van der Waals surface area contributed by atoms with Gasteiger partial charge in [-0.25, -0.2) is 4.79 Å². The van der Waals surface area contributed by atoms with E-state index in [2.05, 4.69) is 38.1 Å². The second-order valence-electron chi connectivity index (χ2n) is 12.6. The molecular weight excluding hydrogens is 504 g/mol. The van der Waals surface area contributed by atoms with Gasteiger partial charge in [0.1, 0.15) is 24.1 Å². The van der Waals surface area contributed by atoms with E-state index in [1.165, 1.54) is 62.5 Å². The smallest absolute Gasteiger partial charge is 0.338 e. The van der Waals surface area contributed by atoms with Crippen molar-refractivity contribution in [3.63, 3.8) is 0 Å². The maximum atomic E-state index is 12.9. The van der Waals surface area contributed by atoms with E-state index in [1.54, 1.807) is 0 Å². The Bertz CT molecular complexity index is 1100. The Balaban J connectivity index is 0.944. The van der Waals surface area contributed by atoms with Gasteiger partial charge in [-0.1, -0.05) is 63.8 Å². The molecule has 0 bridgehead atoms. The fraction of sp³-hybridized carbons (Fsp3) is 0.618. The molecule has 6 heteroatoms. The molecule has 4 atom stereocenters. The molecule has 2 aliphatic carbocycles. The van der Waals surface area contributed by atoms with Gasteiger partial charge in [-0.3, -0.25) is 0 Å². The second-order valence-corrected chi connectivity index (χ2v) is 12.6. The third-order valence-corrected chi connectivity index (χ3v) is 9.73. The molecule has 0 aromatic heterocycles. The standard InChI is InChI=1S/C34H44O6/c1-22-3-7-24(8-4-22)26-11-13-28(14-12-26)34(35)40-31-20-37-32-30(19-36-33(31)32)39-21-38-29-17-15-27(16-18-29)25-9-5-23(2)6-10-25/h11-18,22-25,30-33H,3-10,19-21H2,1-2H3/t22?,23?,24?,25?,30-,31+,32+,33+/m0/s1. The van der Waals surface area contributed by atoms with Gasteiger partial charge >= 0.3 is 5.97 Å². The quantitative estimate of drug-likeness (QED) is 0.261. The van der Waals surface area contributed by atoms with Gasteiger partial charge in [0, 0.05) is 0 Å². The predicted molar refractivity (Wildman–Crippen MR) is 153 cm³/mol. The zero-order chi connectivity index (χ0) is 27.5. The van der Waals surface area contributed by atoms with Crippen LogP contribution in [0.3, 0.4) is 0 Å². The molecule has 40 heavy (non-hydrogen) atoms. The second kappa shape index (κ2) is 12.6. The summed E-state index contributed by atoms with van der Waals surface area (Å²) in [6.07, 6.45) is 8.91. The number of fused-ring (bicyclic) bond motifs is 1. The maximum Gasteiger partial charge on any atom is 0.338 e. The summed E-state index contributed by atoms with van der Waals surface area (Å²) in [5, 5.41) is 0. The summed E-state index contributed by atoms with van der Waals surface area (Å²) in [4.78, 5) is 12.9. The summed E-state index contributed by atoms with van der Waals surface area (Å²) >= 11 is 0. The van der Waals surface area contributed by atoms with E-state index in [0.717, 1.165) is 17.6 Å². The van der Waals surface area contributed by atoms with Gasteiger partial charge in [0.15, 0.2) is 12.9 Å². The maximum absolute atomic E-state index is 12.9. The highest BCUT2D eigenvalue weighted by atomic mass is 16.7. The Morgan fingerprint density at radius 1 is 0.700 bits per heavy atom. The van der Waals surface area contributed by atoms with Gasteiger partial charge in [0.2, 0.25) is 0 Å². The molecule has 2 aromatic carbocycles. The van der Waals surface area contributed by atoms with Crippen molar-refractivity contribution < 1.29 is 28.5 Å². The number of esters is 1. The van der Waals surface area contributed by atoms with Crippen LogP contribution in [0.15, 0.2) is 48.5 Å². The Morgan fingerprint density at radius 2 is 1.20 bits per heavy atom. The molecule has 4 fully saturated rings.